The molecule has 0 rings (SSSR count). The Morgan fingerprint density at radius 2 is 1.89 bits per heavy atom. The van der Waals surface area contributed by atoms with Gasteiger partial charge in [-0.25, -0.2) is 0 Å². The van der Waals surface area contributed by atoms with Crippen molar-refractivity contribution in [3.8, 4) is 0 Å². The van der Waals surface area contributed by atoms with Gasteiger partial charge in [0.15, 0.2) is 0 Å². The Morgan fingerprint density at radius 3 is 2.28 bits per heavy atom. The fourth-order valence-electron chi connectivity index (χ4n) is 0.935. The molecule has 0 aliphatic carbocycles. The van der Waals surface area contributed by atoms with Gasteiger partial charge >= 0.3 is 116 Å². The zero-order chi connectivity index (χ0) is 14.3. The summed E-state index contributed by atoms with van der Waals surface area (Å²) in [6, 6.07) is -0.599. The SMILES string of the molecule is COC(=O)C(N[I-]C(=O)C(=O)/C(C)=C\O)C(C)C. The van der Waals surface area contributed by atoms with Crippen LogP contribution < -0.4 is 25.0 Å². The van der Waals surface area contributed by atoms with Crippen LogP contribution in [0, 0.1) is 5.92 Å². The van der Waals surface area contributed by atoms with Crippen molar-refractivity contribution in [2.75, 3.05) is 7.11 Å². The molecule has 0 fully saturated rings. The normalized spacial score (nSPS) is 13.5. The van der Waals surface area contributed by atoms with E-state index in [-0.39, 0.29) is 11.5 Å². The van der Waals surface area contributed by atoms with Crippen LogP contribution in [0.3, 0.4) is 0 Å². The first-order valence-electron chi connectivity index (χ1n) is 5.21. The number of methoxy groups -OCH3 is 1. The number of aliphatic hydroxyl groups is 1. The minimum atomic E-state index is -1.32. The molecule has 0 bridgehead atoms. The number of nitrogens with one attached hydrogen (secondary N) is 1. The number of hydrogen-bond donors (Lipinski definition) is 2. The van der Waals surface area contributed by atoms with Gasteiger partial charge in [-0.15, -0.1) is 0 Å². The number of allylic oxidation sites excluding steroid dienone is 1. The Labute approximate surface area is 116 Å². The maximum atomic E-state index is 11.5. The van der Waals surface area contributed by atoms with Crippen molar-refractivity contribution in [1.29, 1.82) is 0 Å². The first kappa shape index (κ1) is 17.0. The van der Waals surface area contributed by atoms with Gasteiger partial charge in [-0.1, -0.05) is 0 Å². The van der Waals surface area contributed by atoms with Gasteiger partial charge in [0.25, 0.3) is 0 Å². The van der Waals surface area contributed by atoms with E-state index in [0.29, 0.717) is 6.26 Å². The molecule has 0 saturated heterocycles. The van der Waals surface area contributed by atoms with E-state index in [4.69, 9.17) is 5.11 Å². The van der Waals surface area contributed by atoms with Crippen molar-refractivity contribution in [1.82, 2.24) is 3.53 Å². The molecule has 0 heterocycles. The van der Waals surface area contributed by atoms with Crippen molar-refractivity contribution < 1.29 is 45.7 Å². The molecule has 0 aromatic heterocycles. The Hall–Kier alpha value is -0.960. The molecule has 0 aromatic carbocycles. The molecule has 0 aliphatic rings. The second-order valence-corrected chi connectivity index (χ2v) is 6.01. The number of carbonyl (C=O) groups excluding carboxylic acids is 3. The minimum absolute atomic E-state index is 0.0133. The van der Waals surface area contributed by atoms with Crippen molar-refractivity contribution >= 4 is 15.5 Å². The Balaban J connectivity index is 4.50. The molecule has 0 aromatic rings. The van der Waals surface area contributed by atoms with E-state index in [1.54, 1.807) is 0 Å². The average Bonchev–Trinajstić information content (AvgIpc) is 2.35. The number of hydrogen-bond acceptors (Lipinski definition) is 6. The van der Waals surface area contributed by atoms with Crippen molar-refractivity contribution in [3.05, 3.63) is 11.8 Å². The first-order valence-corrected chi connectivity index (χ1v) is 7.37. The summed E-state index contributed by atoms with van der Waals surface area (Å²) in [5, 5.41) is 8.63. The third-order valence-electron chi connectivity index (χ3n) is 2.11. The summed E-state index contributed by atoms with van der Waals surface area (Å²) < 4.78 is 6.78. The molecule has 0 spiro atoms. The van der Waals surface area contributed by atoms with Gasteiger partial charge in [-0.3, -0.25) is 0 Å². The van der Waals surface area contributed by atoms with E-state index in [1.165, 1.54) is 14.0 Å². The molecule has 18 heavy (non-hydrogen) atoms. The fraction of sp³-hybridized carbons (Fsp3) is 0.545. The number of aliphatic hydroxyl groups excluding tert-OH is 1. The Morgan fingerprint density at radius 1 is 1.33 bits per heavy atom. The number of rotatable bonds is 7. The summed E-state index contributed by atoms with van der Waals surface area (Å²) in [6.07, 6.45) is 0.601. The van der Waals surface area contributed by atoms with E-state index in [1.807, 2.05) is 13.8 Å². The number of esters is 1. The van der Waals surface area contributed by atoms with Crippen LogP contribution in [-0.2, 0) is 19.1 Å². The third-order valence-corrected chi connectivity index (χ3v) is 4.07. The van der Waals surface area contributed by atoms with Crippen molar-refractivity contribution in [2.24, 2.45) is 5.92 Å². The van der Waals surface area contributed by atoms with Crippen LogP contribution in [0.25, 0.3) is 0 Å². The molecule has 7 heteroatoms. The van der Waals surface area contributed by atoms with Crippen LogP contribution in [-0.4, -0.2) is 33.8 Å². The van der Waals surface area contributed by atoms with Crippen LogP contribution in [0.5, 0.6) is 0 Å². The van der Waals surface area contributed by atoms with E-state index in [9.17, 15) is 14.4 Å². The third kappa shape index (κ3) is 5.13. The van der Waals surface area contributed by atoms with Gasteiger partial charge in [0, 0.05) is 0 Å². The van der Waals surface area contributed by atoms with E-state index >= 15 is 0 Å². The predicted molar refractivity (Wildman–Crippen MR) is 60.2 cm³/mol. The molecular weight excluding hydrogens is 353 g/mol. The van der Waals surface area contributed by atoms with Crippen LogP contribution in [0.2, 0.25) is 0 Å². The molecule has 0 amide bonds. The topological polar surface area (TPSA) is 92.7 Å². The van der Waals surface area contributed by atoms with Crippen molar-refractivity contribution in [2.45, 2.75) is 26.8 Å². The fourth-order valence-corrected chi connectivity index (χ4v) is 3.20. The monoisotopic (exact) mass is 370 g/mol. The summed E-state index contributed by atoms with van der Waals surface area (Å²) in [5.74, 6) is -1.24. The summed E-state index contributed by atoms with van der Waals surface area (Å²) in [4.78, 5) is 34.3. The molecule has 104 valence electrons. The molecule has 0 radical (unpaired) electrons. The van der Waals surface area contributed by atoms with Gasteiger partial charge in [-0.2, -0.15) is 0 Å². The summed E-state index contributed by atoms with van der Waals surface area (Å²) in [7, 11) is 1.27. The second kappa shape index (κ2) is 8.20. The van der Waals surface area contributed by atoms with E-state index in [0.717, 1.165) is 0 Å². The maximum absolute atomic E-state index is 11.5. The molecular formula is C11H17INO5-. The van der Waals surface area contributed by atoms with Gasteiger partial charge in [0.1, 0.15) is 0 Å². The first-order chi connectivity index (χ1) is 8.34. The number of carbonyl (C=O) groups is 3. The molecule has 6 nitrogen and oxygen atoms in total. The Bertz CT molecular complexity index is 364. The van der Waals surface area contributed by atoms with E-state index < -0.39 is 43.1 Å². The Kier molecular flexibility index (Phi) is 7.76. The number of Topliss-reactive ketones (excluding diaryl/α,β-unsaturated/α-hetero) is 1. The molecule has 2 N–H and O–H groups in total. The molecule has 1 atom stereocenters. The molecule has 0 aliphatic heterocycles. The van der Waals surface area contributed by atoms with Gasteiger partial charge in [0.2, 0.25) is 0 Å². The molecule has 1 unspecified atom stereocenters. The van der Waals surface area contributed by atoms with Gasteiger partial charge < -0.3 is 0 Å². The second-order valence-electron chi connectivity index (χ2n) is 3.86. The number of halogens is 1. The zero-order valence-electron chi connectivity index (χ0n) is 10.7. The van der Waals surface area contributed by atoms with Crippen LogP contribution in [0.1, 0.15) is 20.8 Å². The summed E-state index contributed by atoms with van der Waals surface area (Å²) >= 11 is -1.32. The standard InChI is InChI=1S/C11H17INO5/c1-6(2)8(11(17)18-4)13-12-10(16)9(15)7(3)5-14/h5-6,8,13-14H,1-4H3/q-1/b7-5-. The number of ketones is 1. The van der Waals surface area contributed by atoms with Gasteiger partial charge in [-0.05, 0) is 0 Å². The van der Waals surface area contributed by atoms with Crippen LogP contribution >= 0.6 is 0 Å². The van der Waals surface area contributed by atoms with Crippen LogP contribution in [0.15, 0.2) is 11.8 Å². The van der Waals surface area contributed by atoms with E-state index in [2.05, 4.69) is 8.27 Å². The predicted octanol–water partition coefficient (Wildman–Crippen LogP) is -2.66. The zero-order valence-corrected chi connectivity index (χ0v) is 12.8. The van der Waals surface area contributed by atoms with Crippen molar-refractivity contribution in [3.63, 3.8) is 0 Å². The van der Waals surface area contributed by atoms with Gasteiger partial charge in [0.05, 0.1) is 0 Å². The number of ether oxygens (including phenoxy) is 1. The summed E-state index contributed by atoms with van der Waals surface area (Å²) in [5.41, 5.74) is -0.0133. The summed E-state index contributed by atoms with van der Waals surface area (Å²) in [6.45, 7) is 4.97. The molecule has 0 saturated carbocycles. The average molecular weight is 370 g/mol. The quantitative estimate of drug-likeness (QED) is 0.0967. The van der Waals surface area contributed by atoms with Crippen LogP contribution in [0.4, 0.5) is 0 Å².